The molecule has 3 rings (SSSR count). The second-order valence-corrected chi connectivity index (χ2v) is 6.24. The lowest BCUT2D eigenvalue weighted by atomic mass is 10.1. The number of anilines is 1. The summed E-state index contributed by atoms with van der Waals surface area (Å²) in [7, 11) is 1.61. The zero-order chi connectivity index (χ0) is 20.6. The maximum atomic E-state index is 13.0. The third-order valence-corrected chi connectivity index (χ3v) is 4.22. The van der Waals surface area contributed by atoms with E-state index in [1.54, 1.807) is 7.11 Å². The van der Waals surface area contributed by atoms with E-state index in [-0.39, 0.29) is 11.6 Å². The van der Waals surface area contributed by atoms with Crippen LogP contribution in [0.2, 0.25) is 0 Å². The Balaban J connectivity index is 1.56. The minimum Gasteiger partial charge on any atom is -0.497 e. The maximum Gasteiger partial charge on any atom is 0.274 e. The van der Waals surface area contributed by atoms with Gasteiger partial charge in [0.2, 0.25) is 0 Å². The van der Waals surface area contributed by atoms with E-state index < -0.39 is 11.7 Å². The van der Waals surface area contributed by atoms with Crippen molar-refractivity contribution in [2.75, 3.05) is 19.0 Å². The summed E-state index contributed by atoms with van der Waals surface area (Å²) >= 11 is 0. The number of hydrogen-bond acceptors (Lipinski definition) is 4. The van der Waals surface area contributed by atoms with Gasteiger partial charge >= 0.3 is 0 Å². The second-order valence-electron chi connectivity index (χ2n) is 6.24. The Morgan fingerprint density at radius 2 is 1.72 bits per heavy atom. The molecule has 0 saturated heterocycles. The quantitative estimate of drug-likeness (QED) is 0.644. The Hall–Kier alpha value is -3.74. The number of carbonyl (C=O) groups is 2. The van der Waals surface area contributed by atoms with Gasteiger partial charge in [0.1, 0.15) is 17.3 Å². The summed E-state index contributed by atoms with van der Waals surface area (Å²) in [6, 6.07) is 16.0. The monoisotopic (exact) mass is 393 g/mol. The summed E-state index contributed by atoms with van der Waals surface area (Å²) in [5, 5.41) is 5.44. The third-order valence-electron chi connectivity index (χ3n) is 4.22. The molecule has 0 fully saturated rings. The number of nitrogens with one attached hydrogen (secondary N) is 2. The van der Waals surface area contributed by atoms with Crippen molar-refractivity contribution in [2.24, 2.45) is 0 Å². The van der Waals surface area contributed by atoms with E-state index in [0.29, 0.717) is 24.2 Å². The van der Waals surface area contributed by atoms with Crippen molar-refractivity contribution >= 4 is 17.5 Å². The van der Waals surface area contributed by atoms with Crippen molar-refractivity contribution in [2.45, 2.75) is 6.42 Å². The summed E-state index contributed by atoms with van der Waals surface area (Å²) < 4.78 is 18.1. The number of amides is 2. The highest BCUT2D eigenvalue weighted by molar-refractivity contribution is 6.04. The number of benzene rings is 2. The maximum absolute atomic E-state index is 13.0. The van der Waals surface area contributed by atoms with Gasteiger partial charge in [0.05, 0.1) is 7.11 Å². The molecular weight excluding hydrogens is 373 g/mol. The highest BCUT2D eigenvalue weighted by Crippen LogP contribution is 2.12. The fourth-order valence-electron chi connectivity index (χ4n) is 2.64. The van der Waals surface area contributed by atoms with E-state index in [1.807, 2.05) is 24.3 Å². The molecule has 29 heavy (non-hydrogen) atoms. The molecule has 6 nitrogen and oxygen atoms in total. The normalized spacial score (nSPS) is 10.3. The molecule has 0 spiro atoms. The summed E-state index contributed by atoms with van der Waals surface area (Å²) in [4.78, 5) is 28.7. The first-order valence-electron chi connectivity index (χ1n) is 8.99. The first kappa shape index (κ1) is 20.0. The van der Waals surface area contributed by atoms with Gasteiger partial charge in [0.15, 0.2) is 0 Å². The molecule has 3 aromatic rings. The van der Waals surface area contributed by atoms with E-state index in [4.69, 9.17) is 4.74 Å². The van der Waals surface area contributed by atoms with Crippen LogP contribution >= 0.6 is 0 Å². The second kappa shape index (κ2) is 9.45. The molecule has 0 aliphatic rings. The first-order chi connectivity index (χ1) is 14.0. The number of pyridine rings is 1. The largest absolute Gasteiger partial charge is 0.497 e. The van der Waals surface area contributed by atoms with Crippen molar-refractivity contribution in [1.82, 2.24) is 10.3 Å². The van der Waals surface area contributed by atoms with Gasteiger partial charge in [-0.2, -0.15) is 0 Å². The molecule has 1 heterocycles. The highest BCUT2D eigenvalue weighted by Gasteiger charge is 2.12. The molecule has 2 amide bonds. The molecule has 2 aromatic carbocycles. The molecule has 0 aliphatic heterocycles. The van der Waals surface area contributed by atoms with Crippen LogP contribution < -0.4 is 15.4 Å². The molecule has 0 bridgehead atoms. The molecular formula is C22H20FN3O3. The standard InChI is InChI=1S/C22H20FN3O3/c1-29-19-8-2-15(3-9-19)10-12-25-21(27)16-11-13-24-20(14-16)22(28)26-18-6-4-17(23)5-7-18/h2-9,11,13-14H,10,12H2,1H3,(H,25,27)(H,26,28). The van der Waals surface area contributed by atoms with Crippen LogP contribution in [0.5, 0.6) is 5.75 Å². The van der Waals surface area contributed by atoms with Gasteiger partial charge in [0, 0.05) is 24.0 Å². The van der Waals surface area contributed by atoms with Gasteiger partial charge in [0.25, 0.3) is 11.8 Å². The number of rotatable bonds is 7. The van der Waals surface area contributed by atoms with Crippen molar-refractivity contribution in [3.05, 3.63) is 89.5 Å². The van der Waals surface area contributed by atoms with Gasteiger partial charge < -0.3 is 15.4 Å². The van der Waals surface area contributed by atoms with Crippen LogP contribution in [0, 0.1) is 5.82 Å². The lowest BCUT2D eigenvalue weighted by Crippen LogP contribution is -2.26. The van der Waals surface area contributed by atoms with Crippen molar-refractivity contribution in [3.63, 3.8) is 0 Å². The Kier molecular flexibility index (Phi) is 6.52. The molecule has 7 heteroatoms. The number of halogens is 1. The van der Waals surface area contributed by atoms with Gasteiger partial charge in [-0.15, -0.1) is 0 Å². The number of nitrogens with zero attached hydrogens (tertiary/aromatic N) is 1. The number of ether oxygens (including phenoxy) is 1. The van der Waals surface area contributed by atoms with Crippen LogP contribution in [0.4, 0.5) is 10.1 Å². The zero-order valence-corrected chi connectivity index (χ0v) is 15.8. The average molecular weight is 393 g/mol. The van der Waals surface area contributed by atoms with E-state index in [1.165, 1.54) is 42.6 Å². The minimum atomic E-state index is -0.482. The molecule has 148 valence electrons. The predicted octanol–water partition coefficient (Wildman–Crippen LogP) is 3.45. The number of hydrogen-bond donors (Lipinski definition) is 2. The fourth-order valence-corrected chi connectivity index (χ4v) is 2.64. The Bertz CT molecular complexity index is 989. The Morgan fingerprint density at radius 3 is 2.41 bits per heavy atom. The van der Waals surface area contributed by atoms with Gasteiger partial charge in [-0.05, 0) is 60.5 Å². The predicted molar refractivity (Wildman–Crippen MR) is 108 cm³/mol. The van der Waals surface area contributed by atoms with Crippen LogP contribution in [0.1, 0.15) is 26.4 Å². The lowest BCUT2D eigenvalue weighted by Gasteiger charge is -2.08. The number of methoxy groups -OCH3 is 1. The summed E-state index contributed by atoms with van der Waals surface area (Å²) in [5.41, 5.74) is 1.93. The topological polar surface area (TPSA) is 80.3 Å². The molecule has 0 unspecified atom stereocenters. The van der Waals surface area contributed by atoms with E-state index in [2.05, 4.69) is 15.6 Å². The molecule has 1 aromatic heterocycles. The summed E-state index contributed by atoms with van der Waals surface area (Å²) in [5.74, 6) is -0.392. The van der Waals surface area contributed by atoms with Gasteiger partial charge in [-0.1, -0.05) is 12.1 Å². The zero-order valence-electron chi connectivity index (χ0n) is 15.8. The molecule has 2 N–H and O–H groups in total. The van der Waals surface area contributed by atoms with Crippen LogP contribution in [0.25, 0.3) is 0 Å². The van der Waals surface area contributed by atoms with E-state index in [9.17, 15) is 14.0 Å². The molecule has 0 saturated carbocycles. The van der Waals surface area contributed by atoms with Crippen LogP contribution in [-0.2, 0) is 6.42 Å². The summed E-state index contributed by atoms with van der Waals surface area (Å²) in [6.07, 6.45) is 2.07. The lowest BCUT2D eigenvalue weighted by molar-refractivity contribution is 0.0954. The van der Waals surface area contributed by atoms with Crippen LogP contribution in [0.15, 0.2) is 66.9 Å². The highest BCUT2D eigenvalue weighted by atomic mass is 19.1. The van der Waals surface area contributed by atoms with Gasteiger partial charge in [-0.25, -0.2) is 4.39 Å². The molecule has 0 radical (unpaired) electrons. The van der Waals surface area contributed by atoms with Gasteiger partial charge in [-0.3, -0.25) is 14.6 Å². The Labute approximate surface area is 167 Å². The molecule has 0 aliphatic carbocycles. The SMILES string of the molecule is COc1ccc(CCNC(=O)c2ccnc(C(=O)Nc3ccc(F)cc3)c2)cc1. The van der Waals surface area contributed by atoms with Crippen molar-refractivity contribution in [1.29, 1.82) is 0 Å². The van der Waals surface area contributed by atoms with Crippen LogP contribution in [-0.4, -0.2) is 30.5 Å². The minimum absolute atomic E-state index is 0.0946. The van der Waals surface area contributed by atoms with Crippen molar-refractivity contribution < 1.29 is 18.7 Å². The number of carbonyl (C=O) groups excluding carboxylic acids is 2. The van der Waals surface area contributed by atoms with E-state index >= 15 is 0 Å². The number of aromatic nitrogens is 1. The van der Waals surface area contributed by atoms with E-state index in [0.717, 1.165) is 11.3 Å². The van der Waals surface area contributed by atoms with Crippen LogP contribution in [0.3, 0.4) is 0 Å². The molecule has 0 atom stereocenters. The Morgan fingerprint density at radius 1 is 1.00 bits per heavy atom. The first-order valence-corrected chi connectivity index (χ1v) is 8.99. The summed E-state index contributed by atoms with van der Waals surface area (Å²) in [6.45, 7) is 0.449. The third kappa shape index (κ3) is 5.62. The smallest absolute Gasteiger partial charge is 0.274 e. The average Bonchev–Trinajstić information content (AvgIpc) is 2.76. The van der Waals surface area contributed by atoms with Crippen molar-refractivity contribution in [3.8, 4) is 5.75 Å². The fraction of sp³-hybridized carbons (Fsp3) is 0.136.